The third kappa shape index (κ3) is 4.60. The van der Waals surface area contributed by atoms with Crippen LogP contribution in [0.3, 0.4) is 0 Å². The van der Waals surface area contributed by atoms with Crippen LogP contribution >= 0.6 is 0 Å². The van der Waals surface area contributed by atoms with Gasteiger partial charge in [-0.25, -0.2) is 0 Å². The van der Waals surface area contributed by atoms with Crippen molar-refractivity contribution in [2.45, 2.75) is 0 Å². The first-order chi connectivity index (χ1) is 12.6. The highest BCUT2D eigenvalue weighted by molar-refractivity contribution is 6.14. The zero-order valence-electron chi connectivity index (χ0n) is 14.2. The largest absolute Gasteiger partial charge is 0.472 e. The molecule has 0 unspecified atom stereocenters. The van der Waals surface area contributed by atoms with E-state index in [1.807, 2.05) is 0 Å². The van der Waals surface area contributed by atoms with E-state index in [2.05, 4.69) is 15.6 Å². The lowest BCUT2D eigenvalue weighted by atomic mass is 10.0. The van der Waals surface area contributed by atoms with Crippen LogP contribution in [0.2, 0.25) is 0 Å². The molecular weight excluding hydrogens is 332 g/mol. The van der Waals surface area contributed by atoms with E-state index in [-0.39, 0.29) is 17.3 Å². The van der Waals surface area contributed by atoms with E-state index in [4.69, 9.17) is 21.3 Å². The van der Waals surface area contributed by atoms with Gasteiger partial charge < -0.3 is 26.5 Å². The second kappa shape index (κ2) is 8.88. The molecule has 0 saturated carbocycles. The van der Waals surface area contributed by atoms with Crippen LogP contribution in [0, 0.1) is 5.41 Å². The van der Waals surface area contributed by atoms with Gasteiger partial charge in [0.05, 0.1) is 24.4 Å². The Labute approximate surface area is 150 Å². The number of nitrogen functional groups attached to an aromatic ring is 1. The highest BCUT2D eigenvalue weighted by Gasteiger charge is 2.13. The van der Waals surface area contributed by atoms with E-state index in [0.29, 0.717) is 22.5 Å². The van der Waals surface area contributed by atoms with Crippen LogP contribution in [0.15, 0.2) is 70.4 Å². The minimum Gasteiger partial charge on any atom is -0.472 e. The molecule has 7 N–H and O–H groups in total. The molecule has 1 aromatic heterocycles. The van der Waals surface area contributed by atoms with Gasteiger partial charge in [-0.1, -0.05) is 0 Å². The molecular formula is C18H20N6O2. The normalized spacial score (nSPS) is 11.8. The van der Waals surface area contributed by atoms with Crippen LogP contribution in [0.5, 0.6) is 0 Å². The molecule has 0 atom stereocenters. The monoisotopic (exact) mass is 352 g/mol. The van der Waals surface area contributed by atoms with Crippen LogP contribution in [0.25, 0.3) is 0 Å². The summed E-state index contributed by atoms with van der Waals surface area (Å²) in [7, 11) is 1.61. The minimum atomic E-state index is -0.382. The van der Waals surface area contributed by atoms with E-state index in [1.54, 1.807) is 31.3 Å². The fraction of sp³-hybridized carbons (Fsp3) is 0.0556. The number of aliphatic imine (C=N–C) groups is 1. The molecule has 1 heterocycles. The molecule has 8 nitrogen and oxygen atoms in total. The topological polar surface area (TPSA) is 143 Å². The lowest BCUT2D eigenvalue weighted by molar-refractivity contribution is -0.113. The molecule has 0 fully saturated rings. The first kappa shape index (κ1) is 18.5. The number of allylic oxidation sites excluding steroid dienone is 1. The van der Waals surface area contributed by atoms with E-state index in [1.165, 1.54) is 37.2 Å². The van der Waals surface area contributed by atoms with Gasteiger partial charge in [0, 0.05) is 35.8 Å². The number of carbonyl (C=O) groups is 1. The summed E-state index contributed by atoms with van der Waals surface area (Å²) in [4.78, 5) is 16.3. The van der Waals surface area contributed by atoms with Crippen molar-refractivity contribution in [1.82, 2.24) is 5.32 Å². The zero-order valence-corrected chi connectivity index (χ0v) is 14.2. The second-order valence-corrected chi connectivity index (χ2v) is 5.12. The lowest BCUT2D eigenvalue weighted by Gasteiger charge is -2.11. The number of likely N-dealkylation sites (N-methyl/N-ethyl adjacent to an activating group) is 1. The summed E-state index contributed by atoms with van der Waals surface area (Å²) in [6.45, 7) is 0. The number of benzene rings is 1. The molecule has 2 aromatic rings. The number of furan rings is 1. The molecule has 0 radical (unpaired) electrons. The first-order valence-electron chi connectivity index (χ1n) is 7.67. The fourth-order valence-electron chi connectivity index (χ4n) is 2.06. The van der Waals surface area contributed by atoms with E-state index >= 15 is 0 Å². The summed E-state index contributed by atoms with van der Waals surface area (Å²) >= 11 is 0. The third-order valence-electron chi connectivity index (χ3n) is 3.39. The predicted molar refractivity (Wildman–Crippen MR) is 103 cm³/mol. The number of hydrogen-bond donors (Lipinski definition) is 5. The summed E-state index contributed by atoms with van der Waals surface area (Å²) in [5, 5.41) is 13.8. The number of nitrogens with one attached hydrogen (secondary N) is 3. The summed E-state index contributed by atoms with van der Waals surface area (Å²) < 4.78 is 5.00. The fourth-order valence-corrected chi connectivity index (χ4v) is 2.06. The Kier molecular flexibility index (Phi) is 6.33. The highest BCUT2D eigenvalue weighted by Crippen LogP contribution is 2.21. The number of carbonyl (C=O) groups excluding carboxylic acids is 1. The van der Waals surface area contributed by atoms with Gasteiger partial charge in [0.1, 0.15) is 5.70 Å². The average Bonchev–Trinajstić information content (AvgIpc) is 3.17. The van der Waals surface area contributed by atoms with Gasteiger partial charge in [-0.05, 0) is 36.5 Å². The summed E-state index contributed by atoms with van der Waals surface area (Å²) in [6.07, 6.45) is 8.65. The number of amides is 1. The quantitative estimate of drug-likeness (QED) is 0.293. The van der Waals surface area contributed by atoms with Gasteiger partial charge in [0.15, 0.2) is 0 Å². The number of hydrogen-bond acceptors (Lipinski definition) is 7. The molecule has 1 amide bonds. The Morgan fingerprint density at radius 3 is 2.81 bits per heavy atom. The van der Waals surface area contributed by atoms with Crippen molar-refractivity contribution < 1.29 is 9.21 Å². The second-order valence-electron chi connectivity index (χ2n) is 5.12. The molecule has 0 bridgehead atoms. The Morgan fingerprint density at radius 1 is 1.35 bits per heavy atom. The molecule has 2 rings (SSSR count). The van der Waals surface area contributed by atoms with Crippen LogP contribution in [0.1, 0.15) is 11.1 Å². The van der Waals surface area contributed by atoms with Crippen LogP contribution in [-0.2, 0) is 4.79 Å². The van der Waals surface area contributed by atoms with E-state index in [9.17, 15) is 4.79 Å². The van der Waals surface area contributed by atoms with Crippen molar-refractivity contribution in [2.24, 2.45) is 10.7 Å². The smallest absolute Gasteiger partial charge is 0.273 e. The van der Waals surface area contributed by atoms with Crippen molar-refractivity contribution >= 4 is 29.2 Å². The maximum absolute atomic E-state index is 12.3. The standard InChI is InChI=1S/C18H20N6O2/c1-22-16(10-23-7-2-6-19)18(25)24-13-3-4-15(20)14(9-13)17(21)12-5-8-26-11-12/h2-11,21-22H,19-20H2,1H3,(H,24,25)/b6-2?,16-10-,21-17?,23-7?. The van der Waals surface area contributed by atoms with Gasteiger partial charge >= 0.3 is 0 Å². The summed E-state index contributed by atoms with van der Waals surface area (Å²) in [5.74, 6) is -0.382. The number of anilines is 2. The Balaban J connectivity index is 2.20. The number of nitrogens with zero attached hydrogens (tertiary/aromatic N) is 1. The molecule has 0 aliphatic carbocycles. The highest BCUT2D eigenvalue weighted by atomic mass is 16.3. The molecule has 1 aromatic carbocycles. The summed E-state index contributed by atoms with van der Waals surface area (Å²) in [6, 6.07) is 6.60. The van der Waals surface area contributed by atoms with Crippen molar-refractivity contribution in [2.75, 3.05) is 18.1 Å². The maximum Gasteiger partial charge on any atom is 0.273 e. The van der Waals surface area contributed by atoms with Crippen LogP contribution in [-0.4, -0.2) is 24.9 Å². The van der Waals surface area contributed by atoms with Gasteiger partial charge in [-0.15, -0.1) is 0 Å². The summed E-state index contributed by atoms with van der Waals surface area (Å²) in [5.41, 5.74) is 13.6. The molecule has 134 valence electrons. The maximum atomic E-state index is 12.3. The Bertz CT molecular complexity index is 866. The third-order valence-corrected chi connectivity index (χ3v) is 3.39. The van der Waals surface area contributed by atoms with Crippen molar-refractivity contribution in [1.29, 1.82) is 5.41 Å². The molecule has 26 heavy (non-hydrogen) atoms. The molecule has 0 spiro atoms. The molecule has 0 aliphatic rings. The van der Waals surface area contributed by atoms with Gasteiger partial charge in [-0.2, -0.15) is 0 Å². The SMILES string of the molecule is CN/C(=C\N=CC=CN)C(=O)Nc1ccc(N)c(C(=N)c2ccoc2)c1. The van der Waals surface area contributed by atoms with Gasteiger partial charge in [-0.3, -0.25) is 15.2 Å². The van der Waals surface area contributed by atoms with E-state index < -0.39 is 0 Å². The molecule has 8 heteroatoms. The van der Waals surface area contributed by atoms with Crippen LogP contribution < -0.4 is 22.1 Å². The minimum absolute atomic E-state index is 0.204. The van der Waals surface area contributed by atoms with Gasteiger partial charge in [0.2, 0.25) is 0 Å². The van der Waals surface area contributed by atoms with Crippen molar-refractivity contribution in [3.05, 3.63) is 72.1 Å². The zero-order chi connectivity index (χ0) is 18.9. The van der Waals surface area contributed by atoms with Gasteiger partial charge in [0.25, 0.3) is 5.91 Å². The first-order valence-corrected chi connectivity index (χ1v) is 7.67. The van der Waals surface area contributed by atoms with Crippen LogP contribution in [0.4, 0.5) is 11.4 Å². The molecule has 0 aliphatic heterocycles. The average molecular weight is 352 g/mol. The lowest BCUT2D eigenvalue weighted by Crippen LogP contribution is -2.23. The van der Waals surface area contributed by atoms with E-state index in [0.717, 1.165) is 0 Å². The molecule has 0 saturated heterocycles. The van der Waals surface area contributed by atoms with Crippen molar-refractivity contribution in [3.8, 4) is 0 Å². The Hall–Kier alpha value is -3.81. The Morgan fingerprint density at radius 2 is 2.15 bits per heavy atom. The number of rotatable bonds is 7. The predicted octanol–water partition coefficient (Wildman–Crippen LogP) is 1.82. The van der Waals surface area contributed by atoms with Crippen molar-refractivity contribution in [3.63, 3.8) is 0 Å². The number of nitrogens with two attached hydrogens (primary N) is 2.